The number of likely N-dealkylation sites (tertiary alicyclic amines) is 1. The number of sulfonamides is 1. The zero-order valence-electron chi connectivity index (χ0n) is 17.9. The fraction of sp³-hybridized carbons (Fsp3) is 0.333. The van der Waals surface area contributed by atoms with Crippen molar-refractivity contribution in [2.24, 2.45) is 0 Å². The molecule has 0 saturated carbocycles. The molecule has 5 rings (SSSR count). The summed E-state index contributed by atoms with van der Waals surface area (Å²) in [6, 6.07) is 13.5. The molecule has 2 atom stereocenters. The topological polar surface area (TPSA) is 79.8 Å². The van der Waals surface area contributed by atoms with Gasteiger partial charge in [-0.2, -0.15) is 4.31 Å². The van der Waals surface area contributed by atoms with Crippen LogP contribution in [0.3, 0.4) is 0 Å². The van der Waals surface area contributed by atoms with Crippen LogP contribution in [-0.2, 0) is 21.4 Å². The van der Waals surface area contributed by atoms with E-state index in [1.165, 1.54) is 16.6 Å². The zero-order valence-corrected chi connectivity index (χ0v) is 18.7. The second kappa shape index (κ2) is 8.72. The third-order valence-electron chi connectivity index (χ3n) is 6.48. The predicted molar refractivity (Wildman–Crippen MR) is 120 cm³/mol. The summed E-state index contributed by atoms with van der Waals surface area (Å²) in [5, 5.41) is 0.479. The van der Waals surface area contributed by atoms with E-state index in [-0.39, 0.29) is 35.5 Å². The Hall–Kier alpha value is -3.04. The van der Waals surface area contributed by atoms with Gasteiger partial charge in [0.25, 0.3) is 0 Å². The first kappa shape index (κ1) is 21.8. The van der Waals surface area contributed by atoms with Crippen molar-refractivity contribution in [3.8, 4) is 0 Å². The van der Waals surface area contributed by atoms with E-state index in [1.54, 1.807) is 17.0 Å². The molecule has 33 heavy (non-hydrogen) atoms. The Kier molecular flexibility index (Phi) is 5.76. The van der Waals surface area contributed by atoms with Crippen molar-refractivity contribution in [1.29, 1.82) is 0 Å². The third-order valence-corrected chi connectivity index (χ3v) is 8.45. The van der Waals surface area contributed by atoms with E-state index in [0.29, 0.717) is 31.2 Å². The van der Waals surface area contributed by atoms with Crippen molar-refractivity contribution in [2.45, 2.75) is 42.8 Å². The number of carbonyl (C=O) groups excluding carboxylic acids is 1. The Morgan fingerprint density at radius 3 is 2.67 bits per heavy atom. The van der Waals surface area contributed by atoms with Crippen molar-refractivity contribution in [3.05, 3.63) is 72.3 Å². The summed E-state index contributed by atoms with van der Waals surface area (Å²) in [6.45, 7) is 0.958. The van der Waals surface area contributed by atoms with Gasteiger partial charge in [-0.1, -0.05) is 42.5 Å². The molecule has 1 aromatic heterocycles. The van der Waals surface area contributed by atoms with Crippen molar-refractivity contribution in [3.63, 3.8) is 0 Å². The van der Waals surface area contributed by atoms with Gasteiger partial charge in [-0.15, -0.1) is 0 Å². The number of piperidine rings is 1. The number of carbonyl (C=O) groups is 1. The highest BCUT2D eigenvalue weighted by Gasteiger charge is 2.47. The minimum atomic E-state index is -3.98. The molecule has 0 aliphatic carbocycles. The van der Waals surface area contributed by atoms with E-state index < -0.39 is 21.9 Å². The Morgan fingerprint density at radius 1 is 1.03 bits per heavy atom. The maximum absolute atomic E-state index is 14.6. The van der Waals surface area contributed by atoms with Crippen LogP contribution >= 0.6 is 0 Å². The maximum atomic E-state index is 14.6. The predicted octanol–water partition coefficient (Wildman–Crippen LogP) is 3.94. The first-order valence-corrected chi connectivity index (χ1v) is 12.4. The summed E-state index contributed by atoms with van der Waals surface area (Å²) in [6.07, 6.45) is 3.87. The fourth-order valence-corrected chi connectivity index (χ4v) is 6.90. The molecule has 2 saturated heterocycles. The summed E-state index contributed by atoms with van der Waals surface area (Å²) in [5.41, 5.74) is 0.891. The lowest BCUT2D eigenvalue weighted by Crippen LogP contribution is -2.52. The number of amides is 1. The number of nitrogens with zero attached hydrogens (tertiary/aromatic N) is 3. The van der Waals surface area contributed by atoms with Gasteiger partial charge in [-0.25, -0.2) is 17.6 Å². The molecule has 0 spiro atoms. The van der Waals surface area contributed by atoms with Crippen LogP contribution in [0.25, 0.3) is 10.8 Å². The standard InChI is InChI=1S/C24H24FN3O4S/c25-19-15-26-14-18-8-4-10-22(23(18)19)33(30,31)28-13-11-20-21(28)9-5-12-27(20)24(29)32-16-17-6-2-1-3-7-17/h1-4,6-8,10,14-15,20-21H,5,9,11-13,16H2. The molecule has 0 radical (unpaired) electrons. The zero-order chi connectivity index (χ0) is 23.0. The Bertz CT molecular complexity index is 1280. The molecule has 7 nitrogen and oxygen atoms in total. The van der Waals surface area contributed by atoms with E-state index in [2.05, 4.69) is 4.98 Å². The molecule has 2 aliphatic rings. The Morgan fingerprint density at radius 2 is 1.85 bits per heavy atom. The van der Waals surface area contributed by atoms with Crippen LogP contribution in [-0.4, -0.2) is 53.9 Å². The highest BCUT2D eigenvalue weighted by Crippen LogP contribution is 2.37. The number of aromatic nitrogens is 1. The Balaban J connectivity index is 1.38. The van der Waals surface area contributed by atoms with Gasteiger partial charge < -0.3 is 9.64 Å². The smallest absolute Gasteiger partial charge is 0.410 e. The van der Waals surface area contributed by atoms with Crippen LogP contribution in [0.2, 0.25) is 0 Å². The van der Waals surface area contributed by atoms with E-state index in [9.17, 15) is 17.6 Å². The van der Waals surface area contributed by atoms with E-state index in [4.69, 9.17) is 4.74 Å². The normalized spacial score (nSPS) is 21.2. The van der Waals surface area contributed by atoms with Gasteiger partial charge in [0.1, 0.15) is 6.61 Å². The average Bonchev–Trinajstić information content (AvgIpc) is 3.28. The SMILES string of the molecule is O=C(OCc1ccccc1)N1CCCC2C1CCN2S(=O)(=O)c1cccc2cncc(F)c12. The summed E-state index contributed by atoms with van der Waals surface area (Å²) in [5.74, 6) is -0.669. The minimum absolute atomic E-state index is 0.0471. The lowest BCUT2D eigenvalue weighted by atomic mass is 9.98. The first-order valence-electron chi connectivity index (χ1n) is 11.0. The van der Waals surface area contributed by atoms with Crippen LogP contribution in [0.5, 0.6) is 0 Å². The second-order valence-corrected chi connectivity index (χ2v) is 10.2. The highest BCUT2D eigenvalue weighted by molar-refractivity contribution is 7.89. The number of hydrogen-bond acceptors (Lipinski definition) is 5. The van der Waals surface area contributed by atoms with Crippen molar-refractivity contribution in [2.75, 3.05) is 13.1 Å². The van der Waals surface area contributed by atoms with Gasteiger partial charge in [0, 0.05) is 36.1 Å². The average molecular weight is 470 g/mol. The van der Waals surface area contributed by atoms with Gasteiger partial charge in [-0.3, -0.25) is 4.98 Å². The molecular weight excluding hydrogens is 445 g/mol. The molecular formula is C24H24FN3O4S. The van der Waals surface area contributed by atoms with Crippen LogP contribution in [0.4, 0.5) is 9.18 Å². The second-order valence-electron chi connectivity index (χ2n) is 8.39. The van der Waals surface area contributed by atoms with Gasteiger partial charge >= 0.3 is 6.09 Å². The van der Waals surface area contributed by atoms with E-state index in [1.807, 2.05) is 30.3 Å². The van der Waals surface area contributed by atoms with Gasteiger partial charge in [0.2, 0.25) is 10.0 Å². The molecule has 1 amide bonds. The first-order chi connectivity index (χ1) is 16.0. The number of hydrogen-bond donors (Lipinski definition) is 0. The summed E-state index contributed by atoms with van der Waals surface area (Å²) in [4.78, 5) is 18.3. The molecule has 2 aliphatic heterocycles. The Labute approximate surface area is 191 Å². The number of benzene rings is 2. The lowest BCUT2D eigenvalue weighted by Gasteiger charge is -2.38. The molecule has 3 heterocycles. The van der Waals surface area contributed by atoms with Gasteiger partial charge in [0.05, 0.1) is 17.1 Å². The van der Waals surface area contributed by atoms with Crippen molar-refractivity contribution in [1.82, 2.24) is 14.2 Å². The number of ether oxygens (including phenoxy) is 1. The molecule has 0 N–H and O–H groups in total. The fourth-order valence-electron chi connectivity index (χ4n) is 4.97. The maximum Gasteiger partial charge on any atom is 0.410 e. The molecule has 0 bridgehead atoms. The third kappa shape index (κ3) is 3.95. The number of rotatable bonds is 4. The lowest BCUT2D eigenvalue weighted by molar-refractivity contribution is 0.0606. The van der Waals surface area contributed by atoms with Gasteiger partial charge in [0.15, 0.2) is 5.82 Å². The molecule has 2 aromatic carbocycles. The van der Waals surface area contributed by atoms with E-state index >= 15 is 0 Å². The highest BCUT2D eigenvalue weighted by atomic mass is 32.2. The largest absolute Gasteiger partial charge is 0.445 e. The summed E-state index contributed by atoms with van der Waals surface area (Å²) in [7, 11) is -3.98. The quantitative estimate of drug-likeness (QED) is 0.578. The molecule has 2 fully saturated rings. The van der Waals surface area contributed by atoms with E-state index in [0.717, 1.165) is 11.8 Å². The molecule has 9 heteroatoms. The molecule has 172 valence electrons. The number of pyridine rings is 1. The summed E-state index contributed by atoms with van der Waals surface area (Å²) >= 11 is 0. The van der Waals surface area contributed by atoms with Crippen LogP contribution in [0.15, 0.2) is 65.8 Å². The monoisotopic (exact) mass is 469 g/mol. The molecule has 2 unspecified atom stereocenters. The summed E-state index contributed by atoms with van der Waals surface area (Å²) < 4.78 is 48.8. The van der Waals surface area contributed by atoms with Crippen LogP contribution in [0, 0.1) is 5.82 Å². The number of fused-ring (bicyclic) bond motifs is 2. The number of halogens is 1. The van der Waals surface area contributed by atoms with Crippen molar-refractivity contribution < 1.29 is 22.3 Å². The van der Waals surface area contributed by atoms with Gasteiger partial charge in [-0.05, 0) is 30.9 Å². The molecule has 3 aromatic rings. The van der Waals surface area contributed by atoms with Crippen LogP contribution in [0.1, 0.15) is 24.8 Å². The van der Waals surface area contributed by atoms with Crippen molar-refractivity contribution >= 4 is 26.9 Å². The van der Waals surface area contributed by atoms with Crippen LogP contribution < -0.4 is 0 Å². The minimum Gasteiger partial charge on any atom is -0.445 e.